The number of hydrogen-bond acceptors (Lipinski definition) is 4. The van der Waals surface area contributed by atoms with Crippen LogP contribution in [0.1, 0.15) is 10.0 Å². The van der Waals surface area contributed by atoms with Crippen molar-refractivity contribution in [3.8, 4) is 0 Å². The lowest BCUT2D eigenvalue weighted by Crippen LogP contribution is -2.23. The van der Waals surface area contributed by atoms with Crippen LogP contribution in [0, 0.1) is 0 Å². The first kappa shape index (κ1) is 10.3. The average Bonchev–Trinajstić information content (AvgIpc) is 2.51. The van der Waals surface area contributed by atoms with Gasteiger partial charge in [-0.15, -0.1) is 10.2 Å². The lowest BCUT2D eigenvalue weighted by Gasteiger charge is -2.09. The summed E-state index contributed by atoms with van der Waals surface area (Å²) in [5, 5.41) is 5.26. The first-order valence-electron chi connectivity index (χ1n) is 3.17. The molecule has 0 bridgehead atoms. The van der Waals surface area contributed by atoms with Gasteiger partial charge in [0, 0.05) is 6.54 Å². The molecular formula is C5H5F4N3S. The van der Waals surface area contributed by atoms with Crippen molar-refractivity contribution in [1.82, 2.24) is 10.2 Å². The highest BCUT2D eigenvalue weighted by Crippen LogP contribution is 2.35. The lowest BCUT2D eigenvalue weighted by molar-refractivity contribution is -0.135. The van der Waals surface area contributed by atoms with Crippen molar-refractivity contribution >= 4 is 11.3 Å². The van der Waals surface area contributed by atoms with Crippen molar-refractivity contribution < 1.29 is 17.6 Å². The van der Waals surface area contributed by atoms with E-state index in [1.54, 1.807) is 0 Å². The first-order chi connectivity index (χ1) is 5.98. The summed E-state index contributed by atoms with van der Waals surface area (Å²) in [7, 11) is 0. The van der Waals surface area contributed by atoms with E-state index in [4.69, 9.17) is 5.73 Å². The molecule has 0 aliphatic carbocycles. The van der Waals surface area contributed by atoms with Crippen LogP contribution in [0.4, 0.5) is 17.6 Å². The quantitative estimate of drug-likeness (QED) is 0.774. The molecule has 0 amide bonds. The Balaban J connectivity index is 2.93. The van der Waals surface area contributed by atoms with Crippen molar-refractivity contribution in [1.29, 1.82) is 0 Å². The summed E-state index contributed by atoms with van der Waals surface area (Å²) < 4.78 is 48.6. The molecule has 1 heterocycles. The zero-order valence-corrected chi connectivity index (χ0v) is 6.99. The largest absolute Gasteiger partial charge is 0.359 e. The fraction of sp³-hybridized carbons (Fsp3) is 0.600. The van der Waals surface area contributed by atoms with Crippen molar-refractivity contribution in [2.24, 2.45) is 5.73 Å². The number of nitrogens with two attached hydrogens (primary N) is 1. The van der Waals surface area contributed by atoms with Gasteiger partial charge in [0.05, 0.1) is 0 Å². The second-order valence-electron chi connectivity index (χ2n) is 2.13. The molecule has 0 aliphatic rings. The highest BCUT2D eigenvalue weighted by atomic mass is 32.1. The topological polar surface area (TPSA) is 51.8 Å². The van der Waals surface area contributed by atoms with Gasteiger partial charge in [-0.3, -0.25) is 0 Å². The van der Waals surface area contributed by atoms with Crippen molar-refractivity contribution in [3.05, 3.63) is 10.0 Å². The summed E-state index contributed by atoms with van der Waals surface area (Å²) in [6, 6.07) is 0. The van der Waals surface area contributed by atoms with Gasteiger partial charge in [0.15, 0.2) is 5.01 Å². The fourth-order valence-corrected chi connectivity index (χ4v) is 1.26. The predicted octanol–water partition coefficient (Wildman–Crippen LogP) is 1.35. The van der Waals surface area contributed by atoms with Crippen LogP contribution >= 0.6 is 11.3 Å². The third-order valence-corrected chi connectivity index (χ3v) is 2.23. The van der Waals surface area contributed by atoms with Crippen LogP contribution in [0.25, 0.3) is 0 Å². The molecule has 0 saturated heterocycles. The molecule has 1 aromatic rings. The van der Waals surface area contributed by atoms with Gasteiger partial charge in [-0.2, -0.15) is 8.78 Å². The van der Waals surface area contributed by atoms with Crippen LogP contribution in [-0.4, -0.2) is 16.6 Å². The number of rotatable bonds is 3. The molecule has 0 fully saturated rings. The number of hydrogen-bond donors (Lipinski definition) is 1. The second-order valence-corrected chi connectivity index (χ2v) is 3.19. The summed E-state index contributed by atoms with van der Waals surface area (Å²) >= 11 is 0.391. The molecule has 74 valence electrons. The summed E-state index contributed by atoms with van der Waals surface area (Å²) in [5.41, 5.74) is 5.06. The van der Waals surface area contributed by atoms with Crippen LogP contribution in [0.15, 0.2) is 0 Å². The van der Waals surface area contributed by atoms with E-state index in [-0.39, 0.29) is 11.6 Å². The average molecular weight is 215 g/mol. The van der Waals surface area contributed by atoms with E-state index in [0.29, 0.717) is 11.3 Å². The van der Waals surface area contributed by atoms with Crippen molar-refractivity contribution in [2.45, 2.75) is 18.9 Å². The Labute approximate surface area is 74.6 Å². The first-order valence-corrected chi connectivity index (χ1v) is 3.99. The number of alkyl halides is 4. The SMILES string of the molecule is NCc1nnc(C(F)(F)C(F)F)s1. The van der Waals surface area contributed by atoms with E-state index in [9.17, 15) is 17.6 Å². The van der Waals surface area contributed by atoms with Crippen LogP contribution in [0.3, 0.4) is 0 Å². The monoisotopic (exact) mass is 215 g/mol. The molecule has 3 nitrogen and oxygen atoms in total. The molecule has 2 N–H and O–H groups in total. The Hall–Kier alpha value is -0.760. The molecular weight excluding hydrogens is 210 g/mol. The molecule has 0 atom stereocenters. The van der Waals surface area contributed by atoms with Gasteiger partial charge in [-0.25, -0.2) is 8.78 Å². The van der Waals surface area contributed by atoms with Crippen LogP contribution < -0.4 is 5.73 Å². The standard InChI is InChI=1S/C5H5F4N3S/c6-3(7)5(8,9)4-12-11-2(1-10)13-4/h3H,1,10H2. The van der Waals surface area contributed by atoms with E-state index < -0.39 is 17.4 Å². The Kier molecular flexibility index (Phi) is 2.81. The van der Waals surface area contributed by atoms with E-state index in [1.807, 2.05) is 0 Å². The number of nitrogens with zero attached hydrogens (tertiary/aromatic N) is 2. The molecule has 13 heavy (non-hydrogen) atoms. The highest BCUT2D eigenvalue weighted by molar-refractivity contribution is 7.11. The smallest absolute Gasteiger partial charge is 0.324 e. The van der Waals surface area contributed by atoms with Gasteiger partial charge in [0.1, 0.15) is 5.01 Å². The Morgan fingerprint density at radius 2 is 2.00 bits per heavy atom. The van der Waals surface area contributed by atoms with Crippen molar-refractivity contribution in [3.63, 3.8) is 0 Å². The molecule has 0 aliphatic heterocycles. The van der Waals surface area contributed by atoms with E-state index in [1.165, 1.54) is 0 Å². The molecule has 0 saturated carbocycles. The van der Waals surface area contributed by atoms with E-state index in [2.05, 4.69) is 10.2 Å². The minimum atomic E-state index is -4.23. The molecule has 0 radical (unpaired) electrons. The van der Waals surface area contributed by atoms with Gasteiger partial charge < -0.3 is 5.73 Å². The zero-order valence-electron chi connectivity index (χ0n) is 6.18. The van der Waals surface area contributed by atoms with Gasteiger partial charge in [-0.05, 0) is 0 Å². The minimum absolute atomic E-state index is 0.0863. The van der Waals surface area contributed by atoms with Gasteiger partial charge >= 0.3 is 12.3 Å². The Morgan fingerprint density at radius 3 is 2.38 bits per heavy atom. The Bertz CT molecular complexity index is 287. The molecule has 0 aromatic carbocycles. The summed E-state index contributed by atoms with van der Waals surface area (Å²) in [4.78, 5) is 0. The molecule has 1 rings (SSSR count). The third kappa shape index (κ3) is 1.94. The summed E-state index contributed by atoms with van der Waals surface area (Å²) in [6.45, 7) is -0.0863. The maximum Gasteiger partial charge on any atom is 0.359 e. The highest BCUT2D eigenvalue weighted by Gasteiger charge is 2.46. The molecule has 0 unspecified atom stereocenters. The predicted molar refractivity (Wildman–Crippen MR) is 37.7 cm³/mol. The minimum Gasteiger partial charge on any atom is -0.324 e. The molecule has 8 heteroatoms. The maximum atomic E-state index is 12.5. The Morgan fingerprint density at radius 1 is 1.38 bits per heavy atom. The van der Waals surface area contributed by atoms with Crippen LogP contribution in [-0.2, 0) is 12.5 Å². The summed E-state index contributed by atoms with van der Waals surface area (Å²) in [6.07, 6.45) is -3.77. The second kappa shape index (κ2) is 3.54. The number of aromatic nitrogens is 2. The van der Waals surface area contributed by atoms with Gasteiger partial charge in [0.25, 0.3) is 0 Å². The van der Waals surface area contributed by atoms with Gasteiger partial charge in [0.2, 0.25) is 0 Å². The van der Waals surface area contributed by atoms with Crippen LogP contribution in [0.5, 0.6) is 0 Å². The van der Waals surface area contributed by atoms with E-state index >= 15 is 0 Å². The molecule has 0 spiro atoms. The third-order valence-electron chi connectivity index (χ3n) is 1.20. The molecule has 1 aromatic heterocycles. The van der Waals surface area contributed by atoms with Crippen LogP contribution in [0.2, 0.25) is 0 Å². The summed E-state index contributed by atoms with van der Waals surface area (Å²) in [5.74, 6) is -4.23. The normalized spacial score (nSPS) is 12.5. The zero-order chi connectivity index (χ0) is 10.1. The van der Waals surface area contributed by atoms with Gasteiger partial charge in [-0.1, -0.05) is 11.3 Å². The van der Waals surface area contributed by atoms with E-state index in [0.717, 1.165) is 0 Å². The van der Waals surface area contributed by atoms with Crippen molar-refractivity contribution in [2.75, 3.05) is 0 Å². The lowest BCUT2D eigenvalue weighted by atomic mass is 10.4. The maximum absolute atomic E-state index is 12.5. The fourth-order valence-electron chi connectivity index (χ4n) is 0.564. The number of halogens is 4.